The van der Waals surface area contributed by atoms with Crippen molar-refractivity contribution in [3.05, 3.63) is 35.2 Å². The summed E-state index contributed by atoms with van der Waals surface area (Å²) in [6.07, 6.45) is 7.59. The molecule has 4 heteroatoms. The molecule has 0 spiro atoms. The molecule has 2 aliphatic rings. The van der Waals surface area contributed by atoms with Crippen LogP contribution in [-0.4, -0.2) is 47.9 Å². The van der Waals surface area contributed by atoms with Gasteiger partial charge in [-0.05, 0) is 74.2 Å². The Labute approximate surface area is 161 Å². The predicted octanol–water partition coefficient (Wildman–Crippen LogP) is 4.87. The Hall–Kier alpha value is -1.39. The Morgan fingerprint density at radius 1 is 1.15 bits per heavy atom. The number of likely N-dealkylation sites (tertiary alicyclic amines) is 1. The van der Waals surface area contributed by atoms with Gasteiger partial charge in [-0.3, -0.25) is 9.69 Å². The van der Waals surface area contributed by atoms with E-state index in [9.17, 15) is 4.79 Å². The average molecular weight is 371 g/mol. The van der Waals surface area contributed by atoms with E-state index in [0.29, 0.717) is 12.1 Å². The molecule has 0 radical (unpaired) electrons. The maximum atomic E-state index is 13.4. The number of hydrogen-bond donors (Lipinski definition) is 0. The van der Waals surface area contributed by atoms with E-state index in [1.54, 1.807) is 11.3 Å². The number of fused-ring (bicyclic) bond motifs is 1. The summed E-state index contributed by atoms with van der Waals surface area (Å²) >= 11 is 1.75. The van der Waals surface area contributed by atoms with Crippen LogP contribution >= 0.6 is 11.3 Å². The van der Waals surface area contributed by atoms with Crippen LogP contribution in [0.3, 0.4) is 0 Å². The number of thiophene rings is 1. The molecule has 0 unspecified atom stereocenters. The second-order valence-electron chi connectivity index (χ2n) is 8.01. The van der Waals surface area contributed by atoms with Crippen LogP contribution in [-0.2, 0) is 4.79 Å². The van der Waals surface area contributed by atoms with Crippen LogP contribution in [0.15, 0.2) is 29.6 Å². The van der Waals surface area contributed by atoms with Gasteiger partial charge in [-0.15, -0.1) is 11.3 Å². The fraction of sp³-hybridized carbons (Fsp3) is 0.591. The highest BCUT2D eigenvalue weighted by Crippen LogP contribution is 2.33. The van der Waals surface area contributed by atoms with Crippen LogP contribution in [0.25, 0.3) is 10.1 Å². The summed E-state index contributed by atoms with van der Waals surface area (Å²) in [6.45, 7) is 4.51. The lowest BCUT2D eigenvalue weighted by Crippen LogP contribution is -2.53. The first-order valence-corrected chi connectivity index (χ1v) is 11.0. The first-order chi connectivity index (χ1) is 12.7. The molecule has 26 heavy (non-hydrogen) atoms. The third kappa shape index (κ3) is 3.29. The number of benzene rings is 1. The van der Waals surface area contributed by atoms with E-state index in [1.165, 1.54) is 60.8 Å². The summed E-state index contributed by atoms with van der Waals surface area (Å²) in [6, 6.07) is 9.46. The van der Waals surface area contributed by atoms with Crippen molar-refractivity contribution in [1.82, 2.24) is 9.80 Å². The molecule has 1 saturated carbocycles. The highest BCUT2D eigenvalue weighted by molar-refractivity contribution is 7.17. The highest BCUT2D eigenvalue weighted by Gasteiger charge is 2.36. The normalized spacial score (nSPS) is 25.5. The smallest absolute Gasteiger partial charge is 0.229 e. The van der Waals surface area contributed by atoms with E-state index < -0.39 is 0 Å². The third-order valence-electron chi connectivity index (χ3n) is 6.52. The molecule has 140 valence electrons. The SMILES string of the molecule is C[C@H](C(=O)N(C)[C@H]1CCCC[C@@H]1N1CCCC1)c1cccc2sccc12. The highest BCUT2D eigenvalue weighted by atomic mass is 32.1. The van der Waals surface area contributed by atoms with Crippen LogP contribution in [0, 0.1) is 0 Å². The fourth-order valence-corrected chi connectivity index (χ4v) is 5.86. The van der Waals surface area contributed by atoms with Crippen LogP contribution in [0.4, 0.5) is 0 Å². The number of carbonyl (C=O) groups is 1. The average Bonchev–Trinajstić information content (AvgIpc) is 3.37. The Morgan fingerprint density at radius 3 is 2.73 bits per heavy atom. The van der Waals surface area contributed by atoms with Gasteiger partial charge in [0.05, 0.1) is 5.92 Å². The first-order valence-electron chi connectivity index (χ1n) is 10.1. The lowest BCUT2D eigenvalue weighted by molar-refractivity contribution is -0.135. The summed E-state index contributed by atoms with van der Waals surface area (Å²) in [4.78, 5) is 18.1. The van der Waals surface area contributed by atoms with Gasteiger partial charge in [0, 0.05) is 23.8 Å². The van der Waals surface area contributed by atoms with Crippen LogP contribution < -0.4 is 0 Å². The molecule has 0 N–H and O–H groups in total. The molecule has 2 fully saturated rings. The second-order valence-corrected chi connectivity index (χ2v) is 8.96. The standard InChI is InChI=1S/C22H30N2OS/c1-16(17-8-7-11-21-18(17)12-15-26-21)22(25)23(2)19-9-3-4-10-20(19)24-13-5-6-14-24/h7-8,11-12,15-16,19-20H,3-6,9-10,13-14H2,1-2H3/t16-,19-,20-/m0/s1. The minimum Gasteiger partial charge on any atom is -0.341 e. The quantitative estimate of drug-likeness (QED) is 0.766. The second kappa shape index (κ2) is 7.69. The number of rotatable bonds is 4. The maximum absolute atomic E-state index is 13.4. The van der Waals surface area contributed by atoms with Gasteiger partial charge in [0.15, 0.2) is 0 Å². The third-order valence-corrected chi connectivity index (χ3v) is 7.40. The number of nitrogens with zero attached hydrogens (tertiary/aromatic N) is 2. The zero-order valence-corrected chi connectivity index (χ0v) is 16.8. The summed E-state index contributed by atoms with van der Waals surface area (Å²) < 4.78 is 1.28. The summed E-state index contributed by atoms with van der Waals surface area (Å²) in [5.74, 6) is 0.194. The van der Waals surface area contributed by atoms with Gasteiger partial charge >= 0.3 is 0 Å². The lowest BCUT2D eigenvalue weighted by atomic mass is 9.87. The maximum Gasteiger partial charge on any atom is 0.229 e. The van der Waals surface area contributed by atoms with Crippen molar-refractivity contribution in [1.29, 1.82) is 0 Å². The van der Waals surface area contributed by atoms with Crippen LogP contribution in [0.2, 0.25) is 0 Å². The van der Waals surface area contributed by atoms with E-state index in [-0.39, 0.29) is 11.8 Å². The summed E-state index contributed by atoms with van der Waals surface area (Å²) in [5.41, 5.74) is 1.18. The Balaban J connectivity index is 1.55. The van der Waals surface area contributed by atoms with Gasteiger partial charge in [0.2, 0.25) is 5.91 Å². The van der Waals surface area contributed by atoms with Crippen molar-refractivity contribution in [2.45, 2.75) is 63.5 Å². The molecule has 2 heterocycles. The van der Waals surface area contributed by atoms with Crippen molar-refractivity contribution in [3.63, 3.8) is 0 Å². The Kier molecular flexibility index (Phi) is 5.32. The molecule has 1 amide bonds. The van der Waals surface area contributed by atoms with Gasteiger partial charge in [0.1, 0.15) is 0 Å². The van der Waals surface area contributed by atoms with Crippen molar-refractivity contribution >= 4 is 27.3 Å². The van der Waals surface area contributed by atoms with E-state index in [4.69, 9.17) is 0 Å². The molecule has 1 aliphatic carbocycles. The fourth-order valence-electron chi connectivity index (χ4n) is 5.04. The monoisotopic (exact) mass is 370 g/mol. The Morgan fingerprint density at radius 2 is 1.92 bits per heavy atom. The zero-order chi connectivity index (χ0) is 18.1. The minimum atomic E-state index is -0.0838. The molecule has 3 atom stereocenters. The van der Waals surface area contributed by atoms with Crippen molar-refractivity contribution in [2.75, 3.05) is 20.1 Å². The van der Waals surface area contributed by atoms with E-state index in [0.717, 1.165) is 6.42 Å². The van der Waals surface area contributed by atoms with Gasteiger partial charge < -0.3 is 4.90 Å². The van der Waals surface area contributed by atoms with E-state index in [1.807, 2.05) is 7.05 Å². The zero-order valence-electron chi connectivity index (χ0n) is 16.0. The number of hydrogen-bond acceptors (Lipinski definition) is 3. The largest absolute Gasteiger partial charge is 0.341 e. The van der Waals surface area contributed by atoms with Crippen molar-refractivity contribution in [2.24, 2.45) is 0 Å². The molecule has 1 saturated heterocycles. The molecule has 1 aromatic heterocycles. The summed E-state index contributed by atoms with van der Waals surface area (Å²) in [7, 11) is 2.05. The molecule has 3 nitrogen and oxygen atoms in total. The molecular formula is C22H30N2OS. The molecular weight excluding hydrogens is 340 g/mol. The van der Waals surface area contributed by atoms with Crippen LogP contribution in [0.5, 0.6) is 0 Å². The molecule has 1 aromatic carbocycles. The topological polar surface area (TPSA) is 23.6 Å². The van der Waals surface area contributed by atoms with Crippen molar-refractivity contribution < 1.29 is 4.79 Å². The van der Waals surface area contributed by atoms with Crippen molar-refractivity contribution in [3.8, 4) is 0 Å². The summed E-state index contributed by atoms with van der Waals surface area (Å²) in [5, 5.41) is 3.37. The minimum absolute atomic E-state index is 0.0838. The van der Waals surface area contributed by atoms with E-state index in [2.05, 4.69) is 46.4 Å². The van der Waals surface area contributed by atoms with Gasteiger partial charge in [-0.2, -0.15) is 0 Å². The predicted molar refractivity (Wildman–Crippen MR) is 110 cm³/mol. The molecule has 4 rings (SSSR count). The molecule has 0 bridgehead atoms. The van der Waals surface area contributed by atoms with Gasteiger partial charge in [0.25, 0.3) is 0 Å². The van der Waals surface area contributed by atoms with E-state index >= 15 is 0 Å². The van der Waals surface area contributed by atoms with Gasteiger partial charge in [-0.1, -0.05) is 25.0 Å². The molecule has 1 aliphatic heterocycles. The lowest BCUT2D eigenvalue weighted by Gasteiger charge is -2.43. The first kappa shape index (κ1) is 18.0. The Bertz CT molecular complexity index is 764. The number of likely N-dealkylation sites (N-methyl/N-ethyl adjacent to an activating group) is 1. The number of amides is 1. The molecule has 2 aromatic rings. The van der Waals surface area contributed by atoms with Crippen LogP contribution in [0.1, 0.15) is 56.9 Å². The van der Waals surface area contributed by atoms with Gasteiger partial charge in [-0.25, -0.2) is 0 Å². The number of carbonyl (C=O) groups excluding carboxylic acids is 1.